The van der Waals surface area contributed by atoms with Crippen LogP contribution in [-0.4, -0.2) is 29.9 Å². The smallest absolute Gasteiger partial charge is 0.278 e. The van der Waals surface area contributed by atoms with Gasteiger partial charge in [0.05, 0.1) is 6.54 Å². The SMILES string of the molecule is O=c1ccc(-c2nc(-c3cccc(Cl)c3)no2)nn1Cc1cnc(-c2cccnc2)s1. The molecule has 0 aliphatic heterocycles. The fourth-order valence-electron chi connectivity index (χ4n) is 2.90. The number of rotatable bonds is 5. The van der Waals surface area contributed by atoms with Crippen molar-refractivity contribution in [1.82, 2.24) is 29.9 Å². The van der Waals surface area contributed by atoms with Crippen molar-refractivity contribution < 1.29 is 4.52 Å². The predicted molar refractivity (Wildman–Crippen MR) is 117 cm³/mol. The molecule has 4 heterocycles. The molecule has 10 heteroatoms. The van der Waals surface area contributed by atoms with Crippen LogP contribution in [0.15, 0.2) is 76.4 Å². The van der Waals surface area contributed by atoms with E-state index in [-0.39, 0.29) is 18.0 Å². The van der Waals surface area contributed by atoms with E-state index in [2.05, 4.69) is 25.2 Å². The summed E-state index contributed by atoms with van der Waals surface area (Å²) in [6.07, 6.45) is 5.20. The van der Waals surface area contributed by atoms with Crippen LogP contribution in [-0.2, 0) is 6.54 Å². The van der Waals surface area contributed by atoms with Crippen LogP contribution < -0.4 is 5.56 Å². The van der Waals surface area contributed by atoms with Gasteiger partial charge >= 0.3 is 0 Å². The van der Waals surface area contributed by atoms with E-state index < -0.39 is 0 Å². The summed E-state index contributed by atoms with van der Waals surface area (Å²) in [5, 5.41) is 9.79. The Morgan fingerprint density at radius 3 is 2.81 bits per heavy atom. The fourth-order valence-corrected chi connectivity index (χ4v) is 3.97. The molecule has 0 saturated heterocycles. The molecule has 0 N–H and O–H groups in total. The molecule has 8 nitrogen and oxygen atoms in total. The topological polar surface area (TPSA) is 99.6 Å². The van der Waals surface area contributed by atoms with Crippen LogP contribution in [0.4, 0.5) is 0 Å². The second kappa shape index (κ2) is 8.21. The fraction of sp³-hybridized carbons (Fsp3) is 0.0476. The second-order valence-electron chi connectivity index (χ2n) is 6.52. The summed E-state index contributed by atoms with van der Waals surface area (Å²) in [5.74, 6) is 0.602. The standard InChI is InChI=1S/C21H13ClN6O2S/c22-15-5-1-3-13(9-15)19-25-20(30-27-19)17-6-7-18(29)28(26-17)12-16-11-24-21(31-16)14-4-2-8-23-10-14/h1-11H,12H2. The largest absolute Gasteiger partial charge is 0.332 e. The summed E-state index contributed by atoms with van der Waals surface area (Å²) in [5.41, 5.74) is 1.81. The van der Waals surface area contributed by atoms with Gasteiger partial charge in [0, 0.05) is 45.7 Å². The highest BCUT2D eigenvalue weighted by atomic mass is 35.5. The molecule has 0 amide bonds. The first-order chi connectivity index (χ1) is 15.2. The molecule has 152 valence electrons. The van der Waals surface area contributed by atoms with Crippen molar-refractivity contribution >= 4 is 22.9 Å². The van der Waals surface area contributed by atoms with Gasteiger partial charge in [-0.05, 0) is 30.3 Å². The van der Waals surface area contributed by atoms with Gasteiger partial charge in [-0.1, -0.05) is 28.9 Å². The maximum atomic E-state index is 12.3. The van der Waals surface area contributed by atoms with Crippen molar-refractivity contribution in [3.8, 4) is 33.5 Å². The number of benzene rings is 1. The van der Waals surface area contributed by atoms with Gasteiger partial charge in [-0.2, -0.15) is 10.1 Å². The van der Waals surface area contributed by atoms with Gasteiger partial charge in [-0.3, -0.25) is 9.78 Å². The van der Waals surface area contributed by atoms with Crippen LogP contribution in [0.3, 0.4) is 0 Å². The van der Waals surface area contributed by atoms with Gasteiger partial charge in [-0.15, -0.1) is 11.3 Å². The lowest BCUT2D eigenvalue weighted by atomic mass is 10.2. The van der Waals surface area contributed by atoms with Crippen molar-refractivity contribution in [1.29, 1.82) is 0 Å². The Balaban J connectivity index is 1.42. The van der Waals surface area contributed by atoms with E-state index in [1.165, 1.54) is 22.1 Å². The minimum atomic E-state index is -0.241. The molecule has 31 heavy (non-hydrogen) atoms. The van der Waals surface area contributed by atoms with Gasteiger partial charge in [0.15, 0.2) is 0 Å². The summed E-state index contributed by atoms with van der Waals surface area (Å²) < 4.78 is 6.70. The van der Waals surface area contributed by atoms with Crippen LogP contribution in [0, 0.1) is 0 Å². The number of halogens is 1. The number of aromatic nitrogens is 6. The Labute approximate surface area is 184 Å². The van der Waals surface area contributed by atoms with Crippen LogP contribution >= 0.6 is 22.9 Å². The molecule has 0 radical (unpaired) electrons. The summed E-state index contributed by atoms with van der Waals surface area (Å²) in [6.45, 7) is 0.278. The van der Waals surface area contributed by atoms with E-state index in [1.807, 2.05) is 18.2 Å². The lowest BCUT2D eigenvalue weighted by Gasteiger charge is -2.03. The van der Waals surface area contributed by atoms with Gasteiger partial charge < -0.3 is 4.52 Å². The van der Waals surface area contributed by atoms with Crippen molar-refractivity contribution in [2.24, 2.45) is 0 Å². The Bertz CT molecular complexity index is 1410. The van der Waals surface area contributed by atoms with Crippen molar-refractivity contribution in [2.45, 2.75) is 6.54 Å². The number of hydrogen-bond donors (Lipinski definition) is 0. The first-order valence-corrected chi connectivity index (χ1v) is 10.4. The van der Waals surface area contributed by atoms with Crippen LogP contribution in [0.5, 0.6) is 0 Å². The molecule has 0 unspecified atom stereocenters. The third-order valence-electron chi connectivity index (χ3n) is 4.36. The Kier molecular flexibility index (Phi) is 5.11. The quantitative estimate of drug-likeness (QED) is 0.397. The zero-order valence-electron chi connectivity index (χ0n) is 15.8. The lowest BCUT2D eigenvalue weighted by Crippen LogP contribution is -2.22. The first kappa shape index (κ1) is 19.3. The molecule has 0 atom stereocenters. The van der Waals surface area contributed by atoms with Gasteiger partial charge in [0.25, 0.3) is 11.4 Å². The van der Waals surface area contributed by atoms with Gasteiger partial charge in [0.1, 0.15) is 10.7 Å². The summed E-state index contributed by atoms with van der Waals surface area (Å²) in [6, 6.07) is 13.9. The normalized spacial score (nSPS) is 11.0. The van der Waals surface area contributed by atoms with Gasteiger partial charge in [0.2, 0.25) is 5.82 Å². The third-order valence-corrected chi connectivity index (χ3v) is 5.63. The minimum Gasteiger partial charge on any atom is -0.332 e. The van der Waals surface area contributed by atoms with E-state index in [0.717, 1.165) is 21.0 Å². The Morgan fingerprint density at radius 2 is 1.97 bits per heavy atom. The molecular formula is C21H13ClN6O2S. The van der Waals surface area contributed by atoms with Crippen molar-refractivity contribution in [2.75, 3.05) is 0 Å². The van der Waals surface area contributed by atoms with Crippen LogP contribution in [0.2, 0.25) is 5.02 Å². The van der Waals surface area contributed by atoms with Crippen molar-refractivity contribution in [3.63, 3.8) is 0 Å². The van der Waals surface area contributed by atoms with E-state index in [9.17, 15) is 4.79 Å². The van der Waals surface area contributed by atoms with E-state index in [1.54, 1.807) is 42.9 Å². The minimum absolute atomic E-state index is 0.212. The molecule has 0 bridgehead atoms. The molecule has 0 aliphatic carbocycles. The number of pyridine rings is 1. The van der Waals surface area contributed by atoms with Crippen LogP contribution in [0.1, 0.15) is 4.88 Å². The number of hydrogen-bond acceptors (Lipinski definition) is 8. The predicted octanol–water partition coefficient (Wildman–Crippen LogP) is 4.18. The molecule has 0 fully saturated rings. The van der Waals surface area contributed by atoms with Gasteiger partial charge in [-0.25, -0.2) is 9.67 Å². The molecule has 0 aliphatic rings. The van der Waals surface area contributed by atoms with E-state index in [0.29, 0.717) is 16.5 Å². The number of nitrogens with zero attached hydrogens (tertiary/aromatic N) is 6. The summed E-state index contributed by atoms with van der Waals surface area (Å²) >= 11 is 7.51. The molecule has 5 rings (SSSR count). The lowest BCUT2D eigenvalue weighted by molar-refractivity contribution is 0.429. The monoisotopic (exact) mass is 448 g/mol. The summed E-state index contributed by atoms with van der Waals surface area (Å²) in [4.78, 5) is 26.1. The summed E-state index contributed by atoms with van der Waals surface area (Å²) in [7, 11) is 0. The maximum Gasteiger partial charge on any atom is 0.278 e. The molecule has 1 aromatic carbocycles. The highest BCUT2D eigenvalue weighted by Crippen LogP contribution is 2.25. The zero-order valence-corrected chi connectivity index (χ0v) is 17.4. The Hall–Kier alpha value is -3.69. The van der Waals surface area contributed by atoms with E-state index >= 15 is 0 Å². The highest BCUT2D eigenvalue weighted by Gasteiger charge is 2.14. The zero-order chi connectivity index (χ0) is 21.2. The highest BCUT2D eigenvalue weighted by molar-refractivity contribution is 7.15. The molecule has 4 aromatic heterocycles. The Morgan fingerprint density at radius 1 is 1.06 bits per heavy atom. The molecule has 5 aromatic rings. The van der Waals surface area contributed by atoms with Crippen molar-refractivity contribution in [3.05, 3.63) is 87.4 Å². The first-order valence-electron chi connectivity index (χ1n) is 9.19. The van der Waals surface area contributed by atoms with E-state index in [4.69, 9.17) is 16.1 Å². The average molecular weight is 449 g/mol. The average Bonchev–Trinajstić information content (AvgIpc) is 3.46. The molecular weight excluding hydrogens is 436 g/mol. The van der Waals surface area contributed by atoms with Crippen LogP contribution in [0.25, 0.3) is 33.5 Å². The third kappa shape index (κ3) is 4.14. The molecule has 0 spiro atoms. The molecule has 0 saturated carbocycles. The number of thiazole rings is 1. The maximum absolute atomic E-state index is 12.3. The second-order valence-corrected chi connectivity index (χ2v) is 8.07.